The lowest BCUT2D eigenvalue weighted by atomic mass is 10.0. The van der Waals surface area contributed by atoms with Crippen molar-refractivity contribution in [2.75, 3.05) is 18.0 Å². The first-order valence-corrected chi connectivity index (χ1v) is 6.14. The van der Waals surface area contributed by atoms with Crippen molar-refractivity contribution in [3.05, 3.63) is 41.0 Å². The summed E-state index contributed by atoms with van der Waals surface area (Å²) in [4.78, 5) is 12.7. The predicted octanol–water partition coefficient (Wildman–Crippen LogP) is 3.56. The number of carboxylic acid groups (broad SMARTS) is 1. The van der Waals surface area contributed by atoms with Crippen LogP contribution < -0.4 is 4.90 Å². The molecule has 20 heavy (non-hydrogen) atoms. The van der Waals surface area contributed by atoms with Crippen molar-refractivity contribution in [2.24, 2.45) is 0 Å². The first-order valence-electron chi connectivity index (χ1n) is 6.14. The minimum absolute atomic E-state index is 0.395. The second-order valence-electron chi connectivity index (χ2n) is 4.78. The molecule has 0 unspecified atom stereocenters. The zero-order valence-electron chi connectivity index (χ0n) is 10.9. The number of nitrogens with zero attached hydrogens (tertiary/aromatic N) is 1. The number of alkyl halides is 3. The molecule has 1 aliphatic rings. The van der Waals surface area contributed by atoms with Crippen LogP contribution in [0.3, 0.4) is 0 Å². The Bertz CT molecular complexity index is 564. The van der Waals surface area contributed by atoms with Crippen LogP contribution in [0.25, 0.3) is 0 Å². The second-order valence-corrected chi connectivity index (χ2v) is 4.78. The molecule has 1 aromatic rings. The summed E-state index contributed by atoms with van der Waals surface area (Å²) >= 11 is 0. The van der Waals surface area contributed by atoms with Crippen LogP contribution in [-0.2, 0) is 6.18 Å². The van der Waals surface area contributed by atoms with Gasteiger partial charge in [0.2, 0.25) is 0 Å². The third-order valence-electron chi connectivity index (χ3n) is 3.34. The summed E-state index contributed by atoms with van der Waals surface area (Å²) in [6, 6.07) is 3.36. The van der Waals surface area contributed by atoms with E-state index in [1.54, 1.807) is 4.90 Å². The monoisotopic (exact) mass is 285 g/mol. The number of rotatable bonds is 2. The molecule has 108 valence electrons. The Kier molecular flexibility index (Phi) is 3.74. The second kappa shape index (κ2) is 5.19. The number of aromatic carboxylic acids is 1. The minimum Gasteiger partial charge on any atom is -0.478 e. The lowest BCUT2D eigenvalue weighted by Gasteiger charge is -2.28. The molecule has 1 aromatic carbocycles. The van der Waals surface area contributed by atoms with Crippen molar-refractivity contribution >= 4 is 11.7 Å². The largest absolute Gasteiger partial charge is 0.478 e. The van der Waals surface area contributed by atoms with Gasteiger partial charge in [0.25, 0.3) is 0 Å². The molecule has 2 rings (SSSR count). The van der Waals surface area contributed by atoms with Gasteiger partial charge in [-0.05, 0) is 31.5 Å². The molecule has 0 aromatic heterocycles. The number of anilines is 1. The van der Waals surface area contributed by atoms with Gasteiger partial charge < -0.3 is 10.0 Å². The molecule has 0 saturated carbocycles. The van der Waals surface area contributed by atoms with E-state index in [1.165, 1.54) is 11.6 Å². The Balaban J connectivity index is 2.40. The van der Waals surface area contributed by atoms with Crippen molar-refractivity contribution in [3.63, 3.8) is 0 Å². The maximum atomic E-state index is 12.9. The predicted molar refractivity (Wildman–Crippen MR) is 69.0 cm³/mol. The van der Waals surface area contributed by atoms with Crippen LogP contribution in [0.5, 0.6) is 0 Å². The van der Waals surface area contributed by atoms with E-state index in [2.05, 4.69) is 0 Å². The zero-order chi connectivity index (χ0) is 14.9. The fourth-order valence-electron chi connectivity index (χ4n) is 2.16. The van der Waals surface area contributed by atoms with Crippen molar-refractivity contribution in [1.29, 1.82) is 0 Å². The first-order chi connectivity index (χ1) is 9.29. The Morgan fingerprint density at radius 3 is 2.55 bits per heavy atom. The Morgan fingerprint density at radius 2 is 2.05 bits per heavy atom. The summed E-state index contributed by atoms with van der Waals surface area (Å²) < 4.78 is 38.8. The summed E-state index contributed by atoms with van der Waals surface area (Å²) in [5.41, 5.74) is -0.218. The lowest BCUT2D eigenvalue weighted by molar-refractivity contribution is -0.138. The fraction of sp³-hybridized carbons (Fsp3) is 0.357. The topological polar surface area (TPSA) is 40.5 Å². The molecule has 0 spiro atoms. The Morgan fingerprint density at radius 1 is 1.35 bits per heavy atom. The third-order valence-corrected chi connectivity index (χ3v) is 3.34. The van der Waals surface area contributed by atoms with E-state index in [0.29, 0.717) is 18.8 Å². The van der Waals surface area contributed by atoms with Gasteiger partial charge in [-0.2, -0.15) is 13.2 Å². The van der Waals surface area contributed by atoms with E-state index in [0.717, 1.165) is 18.6 Å². The van der Waals surface area contributed by atoms with Gasteiger partial charge in [0.15, 0.2) is 0 Å². The van der Waals surface area contributed by atoms with E-state index in [9.17, 15) is 18.0 Å². The summed E-state index contributed by atoms with van der Waals surface area (Å²) in [6.07, 6.45) is -1.92. The number of benzene rings is 1. The van der Waals surface area contributed by atoms with Gasteiger partial charge in [0.1, 0.15) is 0 Å². The van der Waals surface area contributed by atoms with E-state index in [4.69, 9.17) is 5.11 Å². The highest BCUT2D eigenvalue weighted by atomic mass is 19.4. The van der Waals surface area contributed by atoms with Crippen LogP contribution >= 0.6 is 0 Å². The molecular formula is C14H14F3NO2. The highest BCUT2D eigenvalue weighted by Gasteiger charge is 2.36. The summed E-state index contributed by atoms with van der Waals surface area (Å²) in [5, 5.41) is 8.84. The highest BCUT2D eigenvalue weighted by molar-refractivity contribution is 5.90. The molecule has 0 radical (unpaired) electrons. The van der Waals surface area contributed by atoms with Crippen LogP contribution in [0.2, 0.25) is 0 Å². The summed E-state index contributed by atoms with van der Waals surface area (Å²) in [6.45, 7) is 3.15. The third kappa shape index (κ3) is 2.95. The van der Waals surface area contributed by atoms with E-state index >= 15 is 0 Å². The van der Waals surface area contributed by atoms with Crippen molar-refractivity contribution in [2.45, 2.75) is 19.5 Å². The quantitative estimate of drug-likeness (QED) is 0.845. The van der Waals surface area contributed by atoms with E-state index in [-0.39, 0.29) is 0 Å². The fourth-order valence-corrected chi connectivity index (χ4v) is 2.16. The van der Waals surface area contributed by atoms with E-state index in [1.807, 2.05) is 13.0 Å². The van der Waals surface area contributed by atoms with Gasteiger partial charge in [0, 0.05) is 18.8 Å². The van der Waals surface area contributed by atoms with Crippen LogP contribution in [-0.4, -0.2) is 24.2 Å². The number of hydrogen-bond donors (Lipinski definition) is 1. The molecule has 0 fully saturated rings. The molecule has 6 heteroatoms. The molecule has 3 nitrogen and oxygen atoms in total. The maximum Gasteiger partial charge on any atom is 0.417 e. The molecule has 1 aliphatic heterocycles. The Labute approximate surface area is 114 Å². The smallest absolute Gasteiger partial charge is 0.417 e. The first kappa shape index (κ1) is 14.4. The molecule has 1 heterocycles. The van der Waals surface area contributed by atoms with Crippen molar-refractivity contribution < 1.29 is 23.1 Å². The number of carbonyl (C=O) groups is 1. The molecule has 1 N–H and O–H groups in total. The molecule has 0 saturated heterocycles. The van der Waals surface area contributed by atoms with Gasteiger partial charge in [-0.25, -0.2) is 4.79 Å². The van der Waals surface area contributed by atoms with Gasteiger partial charge in [0.05, 0.1) is 11.1 Å². The van der Waals surface area contributed by atoms with Gasteiger partial charge in [-0.3, -0.25) is 0 Å². The minimum atomic E-state index is -4.68. The van der Waals surface area contributed by atoms with Gasteiger partial charge >= 0.3 is 12.1 Å². The number of carboxylic acids is 1. The van der Waals surface area contributed by atoms with Crippen molar-refractivity contribution in [1.82, 2.24) is 0 Å². The SMILES string of the molecule is CC1=CCN(c2ccc(C(=O)O)c(C(F)(F)F)c2)CC1. The van der Waals surface area contributed by atoms with Gasteiger partial charge in [-0.1, -0.05) is 11.6 Å². The average molecular weight is 285 g/mol. The summed E-state index contributed by atoms with van der Waals surface area (Å²) in [5.74, 6) is -1.57. The lowest BCUT2D eigenvalue weighted by Crippen LogP contribution is -2.28. The standard InChI is InChI=1S/C14H14F3NO2/c1-9-4-6-18(7-5-9)10-2-3-11(13(19)20)12(8-10)14(15,16)17/h2-4,8H,5-7H2,1H3,(H,19,20). The maximum absolute atomic E-state index is 12.9. The highest BCUT2D eigenvalue weighted by Crippen LogP contribution is 2.35. The molecule has 0 atom stereocenters. The molecule has 0 amide bonds. The zero-order valence-corrected chi connectivity index (χ0v) is 10.9. The van der Waals surface area contributed by atoms with Crippen LogP contribution in [0, 0.1) is 0 Å². The van der Waals surface area contributed by atoms with Gasteiger partial charge in [-0.15, -0.1) is 0 Å². The van der Waals surface area contributed by atoms with Crippen LogP contribution in [0.1, 0.15) is 29.3 Å². The van der Waals surface area contributed by atoms with Crippen LogP contribution in [0.4, 0.5) is 18.9 Å². The van der Waals surface area contributed by atoms with Crippen LogP contribution in [0.15, 0.2) is 29.8 Å². The summed E-state index contributed by atoms with van der Waals surface area (Å²) in [7, 11) is 0. The normalized spacial score (nSPS) is 16.0. The van der Waals surface area contributed by atoms with E-state index < -0.39 is 23.3 Å². The van der Waals surface area contributed by atoms with Crippen molar-refractivity contribution in [3.8, 4) is 0 Å². The Hall–Kier alpha value is -1.98. The molecule has 0 bridgehead atoms. The number of hydrogen-bond acceptors (Lipinski definition) is 2. The molecule has 0 aliphatic carbocycles. The average Bonchev–Trinajstić information content (AvgIpc) is 2.38. The molecular weight excluding hydrogens is 271 g/mol. The number of halogens is 3.